The van der Waals surface area contributed by atoms with Gasteiger partial charge in [0.1, 0.15) is 5.82 Å². The number of halogens is 1. The Hall–Kier alpha value is -1.42. The first-order chi connectivity index (χ1) is 8.56. The van der Waals surface area contributed by atoms with E-state index in [1.54, 1.807) is 24.0 Å². The molecule has 0 spiro atoms. The standard InChI is InChI=1S/C14H19FN2O/c1-10(16)14(18)17(8-11-2-3-11)9-12-4-6-13(15)7-5-12/h4-7,10-11H,2-3,8-9,16H2,1H3/t10-/m0/s1. The van der Waals surface area contributed by atoms with Crippen LogP contribution in [0.25, 0.3) is 0 Å². The van der Waals surface area contributed by atoms with Crippen LogP contribution in [0, 0.1) is 11.7 Å². The highest BCUT2D eigenvalue weighted by Gasteiger charge is 2.27. The molecule has 0 aromatic heterocycles. The van der Waals surface area contributed by atoms with E-state index >= 15 is 0 Å². The Bertz CT molecular complexity index is 412. The van der Waals surface area contributed by atoms with Gasteiger partial charge in [-0.25, -0.2) is 4.39 Å². The first-order valence-electron chi connectivity index (χ1n) is 6.35. The van der Waals surface area contributed by atoms with Gasteiger partial charge in [-0.2, -0.15) is 0 Å². The molecule has 1 aromatic carbocycles. The van der Waals surface area contributed by atoms with E-state index in [9.17, 15) is 9.18 Å². The van der Waals surface area contributed by atoms with Crippen LogP contribution in [0.5, 0.6) is 0 Å². The summed E-state index contributed by atoms with van der Waals surface area (Å²) in [6.45, 7) is 2.97. The summed E-state index contributed by atoms with van der Waals surface area (Å²) in [6.07, 6.45) is 2.37. The summed E-state index contributed by atoms with van der Waals surface area (Å²) < 4.78 is 12.8. The largest absolute Gasteiger partial charge is 0.337 e. The van der Waals surface area contributed by atoms with Crippen LogP contribution < -0.4 is 5.73 Å². The monoisotopic (exact) mass is 250 g/mol. The molecular formula is C14H19FN2O. The number of benzene rings is 1. The van der Waals surface area contributed by atoms with Crippen molar-refractivity contribution < 1.29 is 9.18 Å². The molecule has 18 heavy (non-hydrogen) atoms. The fraction of sp³-hybridized carbons (Fsp3) is 0.500. The minimum Gasteiger partial charge on any atom is -0.337 e. The van der Waals surface area contributed by atoms with Crippen LogP contribution >= 0.6 is 0 Å². The quantitative estimate of drug-likeness (QED) is 0.867. The van der Waals surface area contributed by atoms with Crippen molar-refractivity contribution in [3.05, 3.63) is 35.6 Å². The number of carbonyl (C=O) groups excluding carboxylic acids is 1. The Morgan fingerprint density at radius 2 is 2.06 bits per heavy atom. The normalized spacial score (nSPS) is 16.4. The van der Waals surface area contributed by atoms with Crippen molar-refractivity contribution in [3.8, 4) is 0 Å². The number of hydrogen-bond donors (Lipinski definition) is 1. The Balaban J connectivity index is 2.03. The van der Waals surface area contributed by atoms with Crippen LogP contribution in [0.15, 0.2) is 24.3 Å². The molecule has 0 saturated heterocycles. The van der Waals surface area contributed by atoms with Gasteiger partial charge in [0.05, 0.1) is 6.04 Å². The molecule has 0 radical (unpaired) electrons. The SMILES string of the molecule is C[C@H](N)C(=O)N(Cc1ccc(F)cc1)CC1CC1. The molecule has 0 unspecified atom stereocenters. The number of hydrogen-bond acceptors (Lipinski definition) is 2. The summed E-state index contributed by atoms with van der Waals surface area (Å²) in [5.41, 5.74) is 6.60. The lowest BCUT2D eigenvalue weighted by Crippen LogP contribution is -2.42. The number of rotatable bonds is 5. The van der Waals surface area contributed by atoms with Gasteiger partial charge in [0.25, 0.3) is 0 Å². The summed E-state index contributed by atoms with van der Waals surface area (Å²) in [7, 11) is 0. The van der Waals surface area contributed by atoms with Gasteiger partial charge in [-0.3, -0.25) is 4.79 Å². The summed E-state index contributed by atoms with van der Waals surface area (Å²) >= 11 is 0. The maximum atomic E-state index is 12.8. The molecule has 1 aromatic rings. The van der Waals surface area contributed by atoms with Crippen molar-refractivity contribution in [3.63, 3.8) is 0 Å². The predicted octanol–water partition coefficient (Wildman–Crippen LogP) is 1.91. The van der Waals surface area contributed by atoms with E-state index in [1.807, 2.05) is 0 Å². The number of nitrogens with zero attached hydrogens (tertiary/aromatic N) is 1. The van der Waals surface area contributed by atoms with Crippen molar-refractivity contribution in [2.45, 2.75) is 32.4 Å². The summed E-state index contributed by atoms with van der Waals surface area (Å²) in [5.74, 6) is 0.324. The zero-order valence-corrected chi connectivity index (χ0v) is 10.6. The summed E-state index contributed by atoms with van der Waals surface area (Å²) in [6, 6.07) is 5.78. The van der Waals surface area contributed by atoms with Crippen LogP contribution in [0.2, 0.25) is 0 Å². The molecule has 3 nitrogen and oxygen atoms in total. The third-order valence-electron chi connectivity index (χ3n) is 3.16. The molecule has 0 heterocycles. The second kappa shape index (κ2) is 5.48. The molecular weight excluding hydrogens is 231 g/mol. The zero-order valence-electron chi connectivity index (χ0n) is 10.6. The van der Waals surface area contributed by atoms with Crippen molar-refractivity contribution >= 4 is 5.91 Å². The van der Waals surface area contributed by atoms with E-state index in [4.69, 9.17) is 5.73 Å². The fourth-order valence-corrected chi connectivity index (χ4v) is 1.94. The minimum atomic E-state index is -0.482. The molecule has 2 N–H and O–H groups in total. The van der Waals surface area contributed by atoms with Crippen molar-refractivity contribution in [1.29, 1.82) is 0 Å². The van der Waals surface area contributed by atoms with Gasteiger partial charge in [-0.1, -0.05) is 12.1 Å². The third-order valence-corrected chi connectivity index (χ3v) is 3.16. The Labute approximate surface area is 107 Å². The van der Waals surface area contributed by atoms with Crippen LogP contribution in [0.3, 0.4) is 0 Å². The van der Waals surface area contributed by atoms with Crippen LogP contribution in [0.4, 0.5) is 4.39 Å². The van der Waals surface area contributed by atoms with Gasteiger partial charge in [0.15, 0.2) is 0 Å². The average Bonchev–Trinajstić information content (AvgIpc) is 3.14. The van der Waals surface area contributed by atoms with Gasteiger partial charge < -0.3 is 10.6 Å². The van der Waals surface area contributed by atoms with Crippen molar-refractivity contribution in [2.24, 2.45) is 11.7 Å². The van der Waals surface area contributed by atoms with Gasteiger partial charge in [-0.05, 0) is 43.4 Å². The first kappa shape index (κ1) is 13.0. The Morgan fingerprint density at radius 3 is 2.56 bits per heavy atom. The lowest BCUT2D eigenvalue weighted by molar-refractivity contribution is -0.133. The maximum Gasteiger partial charge on any atom is 0.239 e. The highest BCUT2D eigenvalue weighted by atomic mass is 19.1. The number of carbonyl (C=O) groups is 1. The summed E-state index contributed by atoms with van der Waals surface area (Å²) in [5, 5.41) is 0. The van der Waals surface area contributed by atoms with Gasteiger partial charge >= 0.3 is 0 Å². The molecule has 1 amide bonds. The zero-order chi connectivity index (χ0) is 13.1. The van der Waals surface area contributed by atoms with E-state index in [-0.39, 0.29) is 11.7 Å². The topological polar surface area (TPSA) is 46.3 Å². The second-order valence-electron chi connectivity index (χ2n) is 5.08. The van der Waals surface area contributed by atoms with Gasteiger partial charge in [0, 0.05) is 13.1 Å². The molecule has 1 atom stereocenters. The lowest BCUT2D eigenvalue weighted by Gasteiger charge is -2.24. The van der Waals surface area contributed by atoms with Crippen LogP contribution in [0.1, 0.15) is 25.3 Å². The summed E-state index contributed by atoms with van der Waals surface area (Å²) in [4.78, 5) is 13.8. The van der Waals surface area contributed by atoms with Crippen molar-refractivity contribution in [1.82, 2.24) is 4.90 Å². The number of nitrogens with two attached hydrogens (primary N) is 1. The molecule has 4 heteroatoms. The molecule has 1 fully saturated rings. The molecule has 1 saturated carbocycles. The highest BCUT2D eigenvalue weighted by Crippen LogP contribution is 2.30. The maximum absolute atomic E-state index is 12.8. The van der Waals surface area contributed by atoms with Crippen LogP contribution in [-0.4, -0.2) is 23.4 Å². The molecule has 2 rings (SSSR count). The smallest absolute Gasteiger partial charge is 0.239 e. The highest BCUT2D eigenvalue weighted by molar-refractivity contribution is 5.81. The average molecular weight is 250 g/mol. The predicted molar refractivity (Wildman–Crippen MR) is 68.2 cm³/mol. The van der Waals surface area contributed by atoms with Crippen molar-refractivity contribution in [2.75, 3.05) is 6.54 Å². The van der Waals surface area contributed by atoms with E-state index in [2.05, 4.69) is 0 Å². The van der Waals surface area contributed by atoms with Crippen LogP contribution in [-0.2, 0) is 11.3 Å². The molecule has 1 aliphatic rings. The fourth-order valence-electron chi connectivity index (χ4n) is 1.94. The van der Waals surface area contributed by atoms with E-state index < -0.39 is 6.04 Å². The first-order valence-corrected chi connectivity index (χ1v) is 6.35. The van der Waals surface area contributed by atoms with Gasteiger partial charge in [0.2, 0.25) is 5.91 Å². The third kappa shape index (κ3) is 3.53. The Kier molecular flexibility index (Phi) is 3.97. The minimum absolute atomic E-state index is 0.0359. The van der Waals surface area contributed by atoms with Gasteiger partial charge in [-0.15, -0.1) is 0 Å². The molecule has 0 bridgehead atoms. The Morgan fingerprint density at radius 1 is 1.44 bits per heavy atom. The number of amides is 1. The molecule has 1 aliphatic carbocycles. The second-order valence-corrected chi connectivity index (χ2v) is 5.08. The molecule has 0 aliphatic heterocycles. The molecule has 98 valence electrons. The van der Waals surface area contributed by atoms with E-state index in [1.165, 1.54) is 25.0 Å². The van der Waals surface area contributed by atoms with E-state index in [0.29, 0.717) is 12.5 Å². The van der Waals surface area contributed by atoms with E-state index in [0.717, 1.165) is 12.1 Å². The lowest BCUT2D eigenvalue weighted by atomic mass is 10.2.